The molecular formula is C14H20FNOS. The molecule has 0 amide bonds. The first-order valence-corrected chi connectivity index (χ1v) is 7.25. The molecular weight excluding hydrogens is 249 g/mol. The Balaban J connectivity index is 2.25. The highest BCUT2D eigenvalue weighted by Crippen LogP contribution is 2.37. The van der Waals surface area contributed by atoms with Gasteiger partial charge in [-0.2, -0.15) is 0 Å². The van der Waals surface area contributed by atoms with Gasteiger partial charge in [0.2, 0.25) is 0 Å². The molecule has 3 atom stereocenters. The van der Waals surface area contributed by atoms with E-state index < -0.39 is 0 Å². The van der Waals surface area contributed by atoms with Crippen LogP contribution in [0.5, 0.6) is 0 Å². The lowest BCUT2D eigenvalue weighted by Gasteiger charge is -2.20. The lowest BCUT2D eigenvalue weighted by atomic mass is 10.1. The number of halogens is 1. The van der Waals surface area contributed by atoms with Crippen molar-refractivity contribution in [2.45, 2.75) is 42.6 Å². The van der Waals surface area contributed by atoms with Gasteiger partial charge in [0.15, 0.2) is 0 Å². The van der Waals surface area contributed by atoms with Crippen LogP contribution in [0, 0.1) is 5.82 Å². The molecule has 0 aromatic heterocycles. The molecule has 0 radical (unpaired) electrons. The molecule has 1 aliphatic rings. The summed E-state index contributed by atoms with van der Waals surface area (Å²) < 4.78 is 19.6. The topological polar surface area (TPSA) is 21.3 Å². The van der Waals surface area contributed by atoms with Gasteiger partial charge in [-0.15, -0.1) is 11.8 Å². The molecule has 1 aliphatic heterocycles. The van der Waals surface area contributed by atoms with Gasteiger partial charge in [-0.3, -0.25) is 0 Å². The van der Waals surface area contributed by atoms with Gasteiger partial charge in [0, 0.05) is 22.8 Å². The van der Waals surface area contributed by atoms with E-state index in [1.54, 1.807) is 17.8 Å². The quantitative estimate of drug-likeness (QED) is 0.905. The number of hydrogen-bond acceptors (Lipinski definition) is 3. The summed E-state index contributed by atoms with van der Waals surface area (Å²) in [4.78, 5) is 0.765. The van der Waals surface area contributed by atoms with E-state index in [1.165, 1.54) is 6.07 Å². The second-order valence-corrected chi connectivity index (χ2v) is 5.94. The Morgan fingerprint density at radius 2 is 2.28 bits per heavy atom. The number of ether oxygens (including phenoxy) is 1. The van der Waals surface area contributed by atoms with Gasteiger partial charge in [-0.25, -0.2) is 4.39 Å². The van der Waals surface area contributed by atoms with Crippen molar-refractivity contribution in [3.05, 3.63) is 29.6 Å². The van der Waals surface area contributed by atoms with Gasteiger partial charge in [0.25, 0.3) is 0 Å². The third kappa shape index (κ3) is 2.87. The fraction of sp³-hybridized carbons (Fsp3) is 0.571. The van der Waals surface area contributed by atoms with E-state index in [9.17, 15) is 4.39 Å². The number of hydrogen-bond donors (Lipinski definition) is 1. The summed E-state index contributed by atoms with van der Waals surface area (Å²) in [6.45, 7) is 4.89. The van der Waals surface area contributed by atoms with Crippen molar-refractivity contribution in [2.75, 3.05) is 13.7 Å². The molecule has 1 heterocycles. The molecule has 1 aromatic rings. The Kier molecular flexibility index (Phi) is 4.65. The van der Waals surface area contributed by atoms with Crippen LogP contribution in [0.3, 0.4) is 0 Å². The summed E-state index contributed by atoms with van der Waals surface area (Å²) in [5.41, 5.74) is 1.03. The van der Waals surface area contributed by atoms with E-state index in [-0.39, 0.29) is 18.0 Å². The molecule has 3 unspecified atom stereocenters. The summed E-state index contributed by atoms with van der Waals surface area (Å²) in [6.07, 6.45) is 1.19. The molecule has 0 aliphatic carbocycles. The van der Waals surface area contributed by atoms with Crippen LogP contribution in [0.25, 0.3) is 0 Å². The second-order valence-electron chi connectivity index (χ2n) is 4.69. The predicted molar refractivity (Wildman–Crippen MR) is 73.6 cm³/mol. The summed E-state index contributed by atoms with van der Waals surface area (Å²) in [7, 11) is 1.89. The average molecular weight is 269 g/mol. The third-order valence-electron chi connectivity index (χ3n) is 3.47. The minimum atomic E-state index is -0.126. The fourth-order valence-electron chi connectivity index (χ4n) is 2.16. The Bertz CT molecular complexity index is 413. The van der Waals surface area contributed by atoms with Crippen LogP contribution in [0.1, 0.15) is 31.9 Å². The van der Waals surface area contributed by atoms with Crippen molar-refractivity contribution >= 4 is 11.8 Å². The maximum atomic E-state index is 14.0. The zero-order chi connectivity index (χ0) is 13.1. The normalized spacial score (nSPS) is 25.3. The van der Waals surface area contributed by atoms with E-state index in [1.807, 2.05) is 20.0 Å². The summed E-state index contributed by atoms with van der Waals surface area (Å²) >= 11 is 1.62. The van der Waals surface area contributed by atoms with Crippen molar-refractivity contribution in [1.82, 2.24) is 5.32 Å². The highest BCUT2D eigenvalue weighted by Gasteiger charge is 2.27. The minimum Gasteiger partial charge on any atom is -0.377 e. The monoisotopic (exact) mass is 269 g/mol. The van der Waals surface area contributed by atoms with Crippen LogP contribution in [0.4, 0.5) is 4.39 Å². The predicted octanol–water partition coefficient (Wildman–Crippen LogP) is 3.38. The number of nitrogens with one attached hydrogen (secondary N) is 1. The van der Waals surface area contributed by atoms with E-state index >= 15 is 0 Å². The molecule has 0 bridgehead atoms. The van der Waals surface area contributed by atoms with E-state index in [4.69, 9.17) is 4.74 Å². The Morgan fingerprint density at radius 3 is 2.89 bits per heavy atom. The maximum Gasteiger partial charge on any atom is 0.137 e. The molecule has 1 aromatic carbocycles. The molecule has 0 saturated carbocycles. The molecule has 18 heavy (non-hydrogen) atoms. The Morgan fingerprint density at radius 1 is 1.50 bits per heavy atom. The van der Waals surface area contributed by atoms with Crippen LogP contribution < -0.4 is 5.32 Å². The lowest BCUT2D eigenvalue weighted by Crippen LogP contribution is -2.17. The van der Waals surface area contributed by atoms with Gasteiger partial charge >= 0.3 is 0 Å². The smallest absolute Gasteiger partial charge is 0.137 e. The molecule has 0 spiro atoms. The standard InChI is InChI=1S/C14H20FNOS/c1-9(16-3)11-5-4-6-12(15)14(11)18-13-7-8-17-10(13)2/h4-6,9-10,13,16H,7-8H2,1-3H3. The van der Waals surface area contributed by atoms with E-state index in [0.717, 1.165) is 23.5 Å². The minimum absolute atomic E-state index is 0.126. The van der Waals surface area contributed by atoms with E-state index in [2.05, 4.69) is 12.2 Å². The van der Waals surface area contributed by atoms with Crippen LogP contribution >= 0.6 is 11.8 Å². The highest BCUT2D eigenvalue weighted by atomic mass is 32.2. The van der Waals surface area contributed by atoms with Crippen LogP contribution in [-0.4, -0.2) is 25.0 Å². The zero-order valence-electron chi connectivity index (χ0n) is 11.1. The molecule has 2 rings (SSSR count). The molecule has 100 valence electrons. The number of benzene rings is 1. The molecule has 2 nitrogen and oxygen atoms in total. The average Bonchev–Trinajstić information content (AvgIpc) is 2.76. The van der Waals surface area contributed by atoms with Crippen molar-refractivity contribution in [1.29, 1.82) is 0 Å². The number of rotatable bonds is 4. The fourth-order valence-corrected chi connectivity index (χ4v) is 3.51. The van der Waals surface area contributed by atoms with Gasteiger partial charge in [0.05, 0.1) is 6.10 Å². The van der Waals surface area contributed by atoms with Crippen LogP contribution in [-0.2, 0) is 4.74 Å². The number of thioether (sulfide) groups is 1. The highest BCUT2D eigenvalue weighted by molar-refractivity contribution is 8.00. The first kappa shape index (κ1) is 13.8. The van der Waals surface area contributed by atoms with Crippen molar-refractivity contribution in [3.63, 3.8) is 0 Å². The first-order chi connectivity index (χ1) is 8.63. The summed E-state index contributed by atoms with van der Waals surface area (Å²) in [6, 6.07) is 5.46. The summed E-state index contributed by atoms with van der Waals surface area (Å²) in [5, 5.41) is 3.53. The van der Waals surface area contributed by atoms with Crippen molar-refractivity contribution in [2.24, 2.45) is 0 Å². The van der Waals surface area contributed by atoms with Gasteiger partial charge < -0.3 is 10.1 Å². The van der Waals surface area contributed by atoms with Gasteiger partial charge in [0.1, 0.15) is 5.82 Å². The summed E-state index contributed by atoms with van der Waals surface area (Å²) in [5.74, 6) is -0.126. The molecule has 1 saturated heterocycles. The second kappa shape index (κ2) is 6.04. The molecule has 1 fully saturated rings. The van der Waals surface area contributed by atoms with Crippen LogP contribution in [0.15, 0.2) is 23.1 Å². The maximum absolute atomic E-state index is 14.0. The van der Waals surface area contributed by atoms with E-state index in [0.29, 0.717) is 5.25 Å². The van der Waals surface area contributed by atoms with Crippen LogP contribution in [0.2, 0.25) is 0 Å². The van der Waals surface area contributed by atoms with Gasteiger partial charge in [-0.05, 0) is 38.9 Å². The van der Waals surface area contributed by atoms with Crippen molar-refractivity contribution in [3.8, 4) is 0 Å². The first-order valence-electron chi connectivity index (χ1n) is 6.37. The zero-order valence-corrected chi connectivity index (χ0v) is 11.9. The molecule has 1 N–H and O–H groups in total. The lowest BCUT2D eigenvalue weighted by molar-refractivity contribution is 0.127. The Labute approximate surface area is 112 Å². The Hall–Kier alpha value is -0.580. The van der Waals surface area contributed by atoms with Gasteiger partial charge in [-0.1, -0.05) is 12.1 Å². The van der Waals surface area contributed by atoms with Crippen molar-refractivity contribution < 1.29 is 9.13 Å². The third-order valence-corrected chi connectivity index (χ3v) is 5.06. The molecule has 4 heteroatoms. The SMILES string of the molecule is CNC(C)c1cccc(F)c1SC1CCOC1C. The largest absolute Gasteiger partial charge is 0.377 e.